The third-order valence-corrected chi connectivity index (χ3v) is 5.30. The molecule has 2 N–H and O–H groups in total. The number of fused-ring (bicyclic) bond motifs is 2. The van der Waals surface area contributed by atoms with Crippen LogP contribution in [0.3, 0.4) is 0 Å². The Hall–Kier alpha value is -1.62. The van der Waals surface area contributed by atoms with Crippen LogP contribution in [-0.4, -0.2) is 42.6 Å². The number of hydrogen-bond donors (Lipinski definition) is 2. The molecule has 3 heterocycles. The Morgan fingerprint density at radius 2 is 2.09 bits per heavy atom. The van der Waals surface area contributed by atoms with Gasteiger partial charge in [-0.1, -0.05) is 12.5 Å². The van der Waals surface area contributed by atoms with Crippen LogP contribution < -0.4 is 15.5 Å². The Balaban J connectivity index is 1.45. The van der Waals surface area contributed by atoms with E-state index in [0.717, 1.165) is 31.9 Å². The topological polar surface area (TPSA) is 57.3 Å². The molecule has 5 nitrogen and oxygen atoms in total. The van der Waals surface area contributed by atoms with Crippen molar-refractivity contribution in [3.63, 3.8) is 0 Å². The van der Waals surface area contributed by atoms with Crippen molar-refractivity contribution in [2.75, 3.05) is 24.5 Å². The van der Waals surface area contributed by atoms with Crippen LogP contribution in [-0.2, 0) is 0 Å². The maximum absolute atomic E-state index is 12.3. The lowest BCUT2D eigenvalue weighted by molar-refractivity contribution is 0.0947. The number of nitrogens with zero attached hydrogens (tertiary/aromatic N) is 2. The van der Waals surface area contributed by atoms with Gasteiger partial charge in [-0.15, -0.1) is 0 Å². The molecule has 3 aliphatic rings. The van der Waals surface area contributed by atoms with Crippen LogP contribution in [0.1, 0.15) is 49.0 Å². The van der Waals surface area contributed by atoms with Crippen LogP contribution in [0.15, 0.2) is 18.2 Å². The monoisotopic (exact) mass is 314 g/mol. The van der Waals surface area contributed by atoms with Crippen LogP contribution in [0.25, 0.3) is 0 Å². The number of aromatic nitrogens is 1. The Morgan fingerprint density at radius 1 is 1.22 bits per heavy atom. The molecular weight excluding hydrogens is 288 g/mol. The second-order valence-electron chi connectivity index (χ2n) is 7.26. The molecule has 1 aromatic heterocycles. The van der Waals surface area contributed by atoms with E-state index in [1.807, 2.05) is 18.2 Å². The van der Waals surface area contributed by atoms with Crippen molar-refractivity contribution in [2.45, 2.75) is 50.6 Å². The lowest BCUT2D eigenvalue weighted by Gasteiger charge is -2.29. The number of rotatable bonds is 4. The van der Waals surface area contributed by atoms with Crippen LogP contribution in [0.4, 0.5) is 5.82 Å². The highest BCUT2D eigenvalue weighted by molar-refractivity contribution is 5.92. The van der Waals surface area contributed by atoms with Gasteiger partial charge in [-0.25, -0.2) is 4.98 Å². The van der Waals surface area contributed by atoms with Gasteiger partial charge < -0.3 is 15.5 Å². The molecule has 2 unspecified atom stereocenters. The fourth-order valence-electron chi connectivity index (χ4n) is 3.73. The highest BCUT2D eigenvalue weighted by atomic mass is 16.1. The van der Waals surface area contributed by atoms with E-state index in [-0.39, 0.29) is 5.91 Å². The molecule has 2 aliphatic heterocycles. The van der Waals surface area contributed by atoms with Gasteiger partial charge in [0.2, 0.25) is 0 Å². The zero-order chi connectivity index (χ0) is 15.6. The molecule has 5 heteroatoms. The molecule has 2 saturated heterocycles. The zero-order valence-electron chi connectivity index (χ0n) is 13.6. The molecule has 1 aliphatic carbocycles. The molecule has 2 bridgehead atoms. The smallest absolute Gasteiger partial charge is 0.269 e. The normalized spacial score (nSPS) is 27.4. The van der Waals surface area contributed by atoms with Crippen molar-refractivity contribution in [3.8, 4) is 0 Å². The fraction of sp³-hybridized carbons (Fsp3) is 0.667. The van der Waals surface area contributed by atoms with Gasteiger partial charge in [0.05, 0.1) is 0 Å². The molecule has 3 fully saturated rings. The minimum absolute atomic E-state index is 0.0366. The van der Waals surface area contributed by atoms with E-state index in [0.29, 0.717) is 23.7 Å². The number of carbonyl (C=O) groups is 1. The zero-order valence-corrected chi connectivity index (χ0v) is 13.6. The summed E-state index contributed by atoms with van der Waals surface area (Å²) in [7, 11) is 0. The number of carbonyl (C=O) groups excluding carboxylic acids is 1. The first-order valence-electron chi connectivity index (χ1n) is 9.04. The first-order valence-corrected chi connectivity index (χ1v) is 9.04. The molecule has 0 aromatic carbocycles. The number of anilines is 1. The summed E-state index contributed by atoms with van der Waals surface area (Å²) in [5, 5.41) is 6.75. The van der Waals surface area contributed by atoms with Gasteiger partial charge in [0.1, 0.15) is 11.5 Å². The molecule has 1 aromatic rings. The van der Waals surface area contributed by atoms with Gasteiger partial charge in [-0.05, 0) is 50.2 Å². The minimum Gasteiger partial charge on any atom is -0.355 e. The van der Waals surface area contributed by atoms with Gasteiger partial charge in [0, 0.05) is 31.7 Å². The molecule has 0 spiro atoms. The van der Waals surface area contributed by atoms with Crippen molar-refractivity contribution in [1.82, 2.24) is 15.6 Å². The van der Waals surface area contributed by atoms with Gasteiger partial charge in [0.25, 0.3) is 5.91 Å². The van der Waals surface area contributed by atoms with E-state index in [2.05, 4.69) is 20.5 Å². The summed E-state index contributed by atoms with van der Waals surface area (Å²) in [6.45, 7) is 2.81. The van der Waals surface area contributed by atoms with Crippen LogP contribution >= 0.6 is 0 Å². The summed E-state index contributed by atoms with van der Waals surface area (Å²) < 4.78 is 0. The van der Waals surface area contributed by atoms with E-state index in [9.17, 15) is 4.79 Å². The van der Waals surface area contributed by atoms with Crippen LogP contribution in [0, 0.1) is 5.92 Å². The van der Waals surface area contributed by atoms with E-state index in [1.54, 1.807) is 0 Å². The molecule has 1 amide bonds. The van der Waals surface area contributed by atoms with E-state index in [4.69, 9.17) is 0 Å². The lowest BCUT2D eigenvalue weighted by Crippen LogP contribution is -2.44. The van der Waals surface area contributed by atoms with Gasteiger partial charge in [-0.3, -0.25) is 4.79 Å². The van der Waals surface area contributed by atoms with Crippen molar-refractivity contribution in [1.29, 1.82) is 0 Å². The third kappa shape index (κ3) is 3.66. The number of hydrogen-bond acceptors (Lipinski definition) is 4. The second-order valence-corrected chi connectivity index (χ2v) is 7.26. The summed E-state index contributed by atoms with van der Waals surface area (Å²) in [5.41, 5.74) is 0.545. The van der Waals surface area contributed by atoms with Crippen LogP contribution in [0.2, 0.25) is 0 Å². The summed E-state index contributed by atoms with van der Waals surface area (Å²) in [5.74, 6) is 1.60. The van der Waals surface area contributed by atoms with Crippen molar-refractivity contribution < 1.29 is 4.79 Å². The maximum atomic E-state index is 12.3. The second kappa shape index (κ2) is 6.48. The molecule has 23 heavy (non-hydrogen) atoms. The summed E-state index contributed by atoms with van der Waals surface area (Å²) in [6, 6.07) is 7.03. The minimum atomic E-state index is -0.0366. The highest BCUT2D eigenvalue weighted by Crippen LogP contribution is 2.27. The third-order valence-electron chi connectivity index (χ3n) is 5.30. The Morgan fingerprint density at radius 3 is 2.96 bits per heavy atom. The summed E-state index contributed by atoms with van der Waals surface area (Å²) in [4.78, 5) is 19.2. The van der Waals surface area contributed by atoms with E-state index < -0.39 is 0 Å². The van der Waals surface area contributed by atoms with E-state index in [1.165, 1.54) is 32.1 Å². The molecule has 0 radical (unpaired) electrons. The quantitative estimate of drug-likeness (QED) is 0.892. The van der Waals surface area contributed by atoms with Gasteiger partial charge in [0.15, 0.2) is 0 Å². The first kappa shape index (κ1) is 14.9. The number of nitrogens with one attached hydrogen (secondary N) is 2. The molecule has 124 valence electrons. The van der Waals surface area contributed by atoms with Crippen molar-refractivity contribution in [3.05, 3.63) is 23.9 Å². The highest BCUT2D eigenvalue weighted by Gasteiger charge is 2.28. The van der Waals surface area contributed by atoms with Gasteiger partial charge in [-0.2, -0.15) is 0 Å². The Labute approximate surface area is 137 Å². The van der Waals surface area contributed by atoms with Gasteiger partial charge >= 0.3 is 0 Å². The standard InChI is InChI=1S/C18H26N4O/c23-18(19-11-13-7-8-13)16-5-2-6-17(21-16)22-10-9-14-3-1-4-15(12-22)20-14/h2,5-6,13-15,20H,1,3-4,7-12H2,(H,19,23). The summed E-state index contributed by atoms with van der Waals surface area (Å²) >= 11 is 0. The molecule has 2 atom stereocenters. The molecule has 1 saturated carbocycles. The van der Waals surface area contributed by atoms with Crippen molar-refractivity contribution in [2.24, 2.45) is 5.92 Å². The average molecular weight is 314 g/mol. The predicted octanol–water partition coefficient (Wildman–Crippen LogP) is 1.94. The maximum Gasteiger partial charge on any atom is 0.269 e. The number of pyridine rings is 1. The Kier molecular flexibility index (Phi) is 4.21. The largest absolute Gasteiger partial charge is 0.355 e. The lowest BCUT2D eigenvalue weighted by atomic mass is 9.98. The van der Waals surface area contributed by atoms with Crippen molar-refractivity contribution >= 4 is 11.7 Å². The molecular formula is C18H26N4O. The SMILES string of the molecule is O=C(NCC1CC1)c1cccc(N2CCC3CCCC(C2)N3)n1. The first-order chi connectivity index (χ1) is 11.3. The van der Waals surface area contributed by atoms with Crippen LogP contribution in [0.5, 0.6) is 0 Å². The summed E-state index contributed by atoms with van der Waals surface area (Å²) in [6.07, 6.45) is 7.52. The number of piperidine rings is 1. The average Bonchev–Trinajstić information content (AvgIpc) is 3.41. The fourth-order valence-corrected chi connectivity index (χ4v) is 3.73. The van der Waals surface area contributed by atoms with E-state index >= 15 is 0 Å². The number of amides is 1. The molecule has 4 rings (SSSR count). The Bertz CT molecular complexity index is 572. The predicted molar refractivity (Wildman–Crippen MR) is 90.7 cm³/mol.